The Bertz CT molecular complexity index is 1160. The molecule has 0 N–H and O–H groups in total. The van der Waals surface area contributed by atoms with Crippen LogP contribution >= 0.6 is 0 Å². The molecule has 3 rings (SSSR count). The predicted molar refractivity (Wildman–Crippen MR) is 118 cm³/mol. The van der Waals surface area contributed by atoms with Crippen molar-refractivity contribution in [2.24, 2.45) is 4.99 Å². The van der Waals surface area contributed by atoms with Gasteiger partial charge in [-0.05, 0) is 55.3 Å². The lowest BCUT2D eigenvalue weighted by Crippen LogP contribution is -2.18. The molecule has 0 aliphatic rings. The molecular formula is C23H22F2N4O3. The molecule has 0 fully saturated rings. The minimum Gasteiger partial charge on any atom is -0.433 e. The van der Waals surface area contributed by atoms with Crippen molar-refractivity contribution in [2.45, 2.75) is 33.4 Å². The van der Waals surface area contributed by atoms with Gasteiger partial charge in [0.15, 0.2) is 0 Å². The molecule has 0 aliphatic heterocycles. The average molecular weight is 440 g/mol. The molecule has 32 heavy (non-hydrogen) atoms. The third kappa shape index (κ3) is 5.84. The summed E-state index contributed by atoms with van der Waals surface area (Å²) in [5.41, 5.74) is 4.25. The molecule has 0 saturated heterocycles. The highest BCUT2D eigenvalue weighted by Gasteiger charge is 2.23. The topological polar surface area (TPSA) is 82.5 Å². The standard InChI is InChI=1S/C23H22F2N4O3/c1-15-13-22(27-28(15)14-18-5-9-20(10-6-18)29(30)31)17(3)26-16(2)19-7-11-21(12-8-19)32-23(4,24)25/h5-13H,2,14H2,1,3-4H3. The van der Waals surface area contributed by atoms with E-state index in [9.17, 15) is 18.9 Å². The fourth-order valence-corrected chi connectivity index (χ4v) is 2.99. The van der Waals surface area contributed by atoms with Crippen LogP contribution in [0, 0.1) is 17.0 Å². The molecule has 0 spiro atoms. The van der Waals surface area contributed by atoms with Gasteiger partial charge in [0.05, 0.1) is 22.9 Å². The van der Waals surface area contributed by atoms with Crippen LogP contribution in [0.5, 0.6) is 5.75 Å². The second-order valence-corrected chi connectivity index (χ2v) is 7.33. The van der Waals surface area contributed by atoms with Crippen molar-refractivity contribution >= 4 is 17.1 Å². The van der Waals surface area contributed by atoms with Crippen LogP contribution in [0.3, 0.4) is 0 Å². The number of non-ortho nitro benzene ring substituents is 1. The molecule has 9 heteroatoms. The maximum Gasteiger partial charge on any atom is 0.394 e. The van der Waals surface area contributed by atoms with Crippen molar-refractivity contribution in [1.29, 1.82) is 0 Å². The first kappa shape index (κ1) is 22.8. The van der Waals surface area contributed by atoms with E-state index in [1.807, 2.05) is 13.0 Å². The number of nitro groups is 1. The van der Waals surface area contributed by atoms with Crippen molar-refractivity contribution < 1.29 is 18.4 Å². The molecule has 166 valence electrons. The van der Waals surface area contributed by atoms with Crippen LogP contribution in [-0.4, -0.2) is 26.5 Å². The number of nitro benzene ring substituents is 1. The van der Waals surface area contributed by atoms with Crippen molar-refractivity contribution in [3.05, 3.63) is 93.8 Å². The molecule has 7 nitrogen and oxygen atoms in total. The Morgan fingerprint density at radius 2 is 1.84 bits per heavy atom. The number of hydrogen-bond acceptors (Lipinski definition) is 5. The summed E-state index contributed by atoms with van der Waals surface area (Å²) in [5.74, 6) is 0.0513. The van der Waals surface area contributed by atoms with Crippen LogP contribution in [0.25, 0.3) is 5.70 Å². The molecule has 1 aromatic heterocycles. The first-order valence-electron chi connectivity index (χ1n) is 9.71. The highest BCUT2D eigenvalue weighted by molar-refractivity contribution is 6.00. The lowest BCUT2D eigenvalue weighted by atomic mass is 10.1. The van der Waals surface area contributed by atoms with Gasteiger partial charge in [0.1, 0.15) is 11.4 Å². The van der Waals surface area contributed by atoms with Crippen molar-refractivity contribution in [3.8, 4) is 5.75 Å². The van der Waals surface area contributed by atoms with E-state index in [1.54, 1.807) is 35.9 Å². The quantitative estimate of drug-likeness (QED) is 0.259. The number of aryl methyl sites for hydroxylation is 1. The molecule has 0 atom stereocenters. The van der Waals surface area contributed by atoms with E-state index < -0.39 is 11.0 Å². The first-order valence-corrected chi connectivity index (χ1v) is 9.71. The van der Waals surface area contributed by atoms with Gasteiger partial charge in [0, 0.05) is 24.8 Å². The summed E-state index contributed by atoms with van der Waals surface area (Å²) in [6.45, 7) is 8.80. The van der Waals surface area contributed by atoms with Gasteiger partial charge in [-0.1, -0.05) is 18.7 Å². The predicted octanol–water partition coefficient (Wildman–Crippen LogP) is 5.62. The number of hydrogen-bond donors (Lipinski definition) is 0. The van der Waals surface area contributed by atoms with E-state index >= 15 is 0 Å². The lowest BCUT2D eigenvalue weighted by Gasteiger charge is -2.13. The molecule has 0 radical (unpaired) electrons. The zero-order valence-corrected chi connectivity index (χ0v) is 17.9. The van der Waals surface area contributed by atoms with Crippen LogP contribution in [-0.2, 0) is 6.54 Å². The van der Waals surface area contributed by atoms with Crippen molar-refractivity contribution in [3.63, 3.8) is 0 Å². The van der Waals surface area contributed by atoms with E-state index in [0.29, 0.717) is 36.1 Å². The first-order chi connectivity index (χ1) is 15.0. The summed E-state index contributed by atoms with van der Waals surface area (Å²) < 4.78 is 32.2. The molecule has 0 bridgehead atoms. The molecule has 0 saturated carbocycles. The zero-order chi connectivity index (χ0) is 23.5. The van der Waals surface area contributed by atoms with Crippen LogP contribution in [0.1, 0.15) is 36.4 Å². The molecule has 2 aromatic carbocycles. The van der Waals surface area contributed by atoms with E-state index in [4.69, 9.17) is 0 Å². The number of rotatable bonds is 8. The minimum atomic E-state index is -3.25. The summed E-state index contributed by atoms with van der Waals surface area (Å²) in [7, 11) is 0. The fraction of sp³-hybridized carbons (Fsp3) is 0.217. The van der Waals surface area contributed by atoms with E-state index in [2.05, 4.69) is 21.4 Å². The smallest absolute Gasteiger partial charge is 0.394 e. The summed E-state index contributed by atoms with van der Waals surface area (Å²) in [6.07, 6.45) is -3.25. The maximum atomic E-state index is 13.0. The Kier molecular flexibility index (Phi) is 6.47. The van der Waals surface area contributed by atoms with Gasteiger partial charge in [-0.15, -0.1) is 0 Å². The zero-order valence-electron chi connectivity index (χ0n) is 17.9. The lowest BCUT2D eigenvalue weighted by molar-refractivity contribution is -0.384. The summed E-state index contributed by atoms with van der Waals surface area (Å²) in [5, 5.41) is 15.4. The normalized spacial score (nSPS) is 12.0. The number of benzene rings is 2. The summed E-state index contributed by atoms with van der Waals surface area (Å²) in [6, 6.07) is 14.3. The van der Waals surface area contributed by atoms with Gasteiger partial charge in [-0.3, -0.25) is 19.8 Å². The van der Waals surface area contributed by atoms with E-state index in [-0.39, 0.29) is 11.4 Å². The monoisotopic (exact) mass is 440 g/mol. The highest BCUT2D eigenvalue weighted by atomic mass is 19.3. The number of alkyl halides is 2. The average Bonchev–Trinajstić information content (AvgIpc) is 3.08. The van der Waals surface area contributed by atoms with Crippen LogP contribution in [0.15, 0.2) is 66.2 Å². The molecule has 1 heterocycles. The van der Waals surface area contributed by atoms with Gasteiger partial charge >= 0.3 is 6.11 Å². The van der Waals surface area contributed by atoms with Crippen molar-refractivity contribution in [1.82, 2.24) is 9.78 Å². The largest absolute Gasteiger partial charge is 0.433 e. The van der Waals surface area contributed by atoms with E-state index in [1.165, 1.54) is 24.3 Å². The third-order valence-corrected chi connectivity index (χ3v) is 4.62. The van der Waals surface area contributed by atoms with Crippen molar-refractivity contribution in [2.75, 3.05) is 0 Å². The van der Waals surface area contributed by atoms with Crippen LogP contribution < -0.4 is 4.74 Å². The Balaban J connectivity index is 1.72. The molecular weight excluding hydrogens is 418 g/mol. The molecule has 0 amide bonds. The maximum absolute atomic E-state index is 13.0. The molecule has 3 aromatic rings. The second-order valence-electron chi connectivity index (χ2n) is 7.33. The fourth-order valence-electron chi connectivity index (χ4n) is 2.99. The highest BCUT2D eigenvalue weighted by Crippen LogP contribution is 2.24. The van der Waals surface area contributed by atoms with Gasteiger partial charge in [0.25, 0.3) is 5.69 Å². The van der Waals surface area contributed by atoms with Gasteiger partial charge in [-0.25, -0.2) is 0 Å². The van der Waals surface area contributed by atoms with Gasteiger partial charge in [0.2, 0.25) is 0 Å². The second kappa shape index (κ2) is 9.09. The molecule has 0 unspecified atom stereocenters. The van der Waals surface area contributed by atoms with Gasteiger partial charge in [-0.2, -0.15) is 13.9 Å². The molecule has 0 aliphatic carbocycles. The Morgan fingerprint density at radius 1 is 1.22 bits per heavy atom. The summed E-state index contributed by atoms with van der Waals surface area (Å²) in [4.78, 5) is 14.9. The van der Waals surface area contributed by atoms with Crippen LogP contribution in [0.2, 0.25) is 0 Å². The van der Waals surface area contributed by atoms with Crippen LogP contribution in [0.4, 0.5) is 14.5 Å². The Morgan fingerprint density at radius 3 is 2.41 bits per heavy atom. The summed E-state index contributed by atoms with van der Waals surface area (Å²) >= 11 is 0. The van der Waals surface area contributed by atoms with E-state index in [0.717, 1.165) is 11.3 Å². The Hall–Kier alpha value is -3.88. The SMILES string of the molecule is C=C(N=C(C)c1cc(C)n(Cc2ccc([N+](=O)[O-])cc2)n1)c1ccc(OC(C)(F)F)cc1. The third-order valence-electron chi connectivity index (χ3n) is 4.62. The number of nitrogens with zero attached hydrogens (tertiary/aromatic N) is 4. The number of aromatic nitrogens is 2. The number of ether oxygens (including phenoxy) is 1. The number of aliphatic imine (C=N–C) groups is 1. The minimum absolute atomic E-state index is 0.0381. The Labute approximate surface area is 183 Å². The number of halogens is 2. The van der Waals surface area contributed by atoms with Gasteiger partial charge < -0.3 is 4.74 Å².